The van der Waals surface area contributed by atoms with Crippen LogP contribution in [0.2, 0.25) is 0 Å². The van der Waals surface area contributed by atoms with Crippen LogP contribution in [0.25, 0.3) is 0 Å². The van der Waals surface area contributed by atoms with E-state index in [2.05, 4.69) is 4.90 Å². The highest BCUT2D eigenvalue weighted by Gasteiger charge is 2.15. The maximum Gasteiger partial charge on any atom is 0.332 e. The van der Waals surface area contributed by atoms with Crippen LogP contribution in [0.1, 0.15) is 27.7 Å². The number of esters is 1. The molecule has 0 radical (unpaired) electrons. The summed E-state index contributed by atoms with van der Waals surface area (Å²) in [5.41, 5.74) is -0.488. The van der Waals surface area contributed by atoms with Gasteiger partial charge in [-0.05, 0) is 59.0 Å². The molecule has 7 heteroatoms. The first kappa shape index (κ1) is 24.2. The van der Waals surface area contributed by atoms with Gasteiger partial charge in [0.2, 0.25) is 0 Å². The largest absolute Gasteiger partial charge is 0.494 e. The summed E-state index contributed by atoms with van der Waals surface area (Å²) in [5.74, 6) is 1.31. The molecule has 0 saturated heterocycles. The number of carbonyl (C=O) groups excluding carboxylic acids is 1. The van der Waals surface area contributed by atoms with E-state index >= 15 is 0 Å². The lowest BCUT2D eigenvalue weighted by molar-refractivity contribution is -0.160. The zero-order valence-corrected chi connectivity index (χ0v) is 17.9. The molecule has 0 saturated carbocycles. The van der Waals surface area contributed by atoms with E-state index in [1.165, 1.54) is 0 Å². The normalized spacial score (nSPS) is 11.5. The highest BCUT2D eigenvalue weighted by molar-refractivity contribution is 5.71. The van der Waals surface area contributed by atoms with Crippen molar-refractivity contribution in [2.45, 2.75) is 33.3 Å². The minimum atomic E-state index is -0.488. The Bertz CT molecular complexity index is 541. The average Bonchev–Trinajstić information content (AvgIpc) is 2.61. The topological polar surface area (TPSA) is 66.5 Å². The summed E-state index contributed by atoms with van der Waals surface area (Å²) in [6.07, 6.45) is 0. The van der Waals surface area contributed by atoms with Crippen LogP contribution < -0.4 is 9.47 Å². The summed E-state index contributed by atoms with van der Waals surface area (Å²) in [4.78, 5) is 13.6. The molecule has 7 nitrogen and oxygen atoms in total. The number of benzene rings is 1. The molecule has 0 aliphatic carbocycles. The Morgan fingerprint density at radius 3 is 2.07 bits per heavy atom. The van der Waals surface area contributed by atoms with E-state index in [0.717, 1.165) is 24.6 Å². The van der Waals surface area contributed by atoms with E-state index in [4.69, 9.17) is 23.7 Å². The standard InChI is InChI=1S/C21H35NO6/c1-6-26-18-7-9-19(10-8-18)27-14-12-22(5)11-13-24-15-16-25-17-20(23)28-21(2,3)4/h7-10H,6,11-17H2,1-5H3. The molecule has 0 amide bonds. The van der Waals surface area contributed by atoms with Crippen molar-refractivity contribution in [1.82, 2.24) is 4.90 Å². The predicted octanol–water partition coefficient (Wildman–Crippen LogP) is 2.77. The van der Waals surface area contributed by atoms with Crippen molar-refractivity contribution >= 4 is 5.97 Å². The van der Waals surface area contributed by atoms with Crippen LogP contribution in [0.15, 0.2) is 24.3 Å². The van der Waals surface area contributed by atoms with Gasteiger partial charge in [-0.1, -0.05) is 0 Å². The zero-order chi connectivity index (χ0) is 20.8. The van der Waals surface area contributed by atoms with Crippen molar-refractivity contribution in [2.75, 3.05) is 59.8 Å². The van der Waals surface area contributed by atoms with Gasteiger partial charge in [0.25, 0.3) is 0 Å². The van der Waals surface area contributed by atoms with Crippen LogP contribution in [0.3, 0.4) is 0 Å². The Morgan fingerprint density at radius 1 is 0.893 bits per heavy atom. The summed E-state index contributed by atoms with van der Waals surface area (Å²) < 4.78 is 27.0. The van der Waals surface area contributed by atoms with Gasteiger partial charge in [-0.25, -0.2) is 4.79 Å². The lowest BCUT2D eigenvalue weighted by atomic mass is 10.2. The molecule has 0 fully saturated rings. The Hall–Kier alpha value is -1.83. The molecule has 0 aromatic heterocycles. The van der Waals surface area contributed by atoms with Gasteiger partial charge in [-0.15, -0.1) is 0 Å². The number of carbonyl (C=O) groups is 1. The van der Waals surface area contributed by atoms with Gasteiger partial charge in [-0.2, -0.15) is 0 Å². The number of likely N-dealkylation sites (N-methyl/N-ethyl adjacent to an activating group) is 1. The average molecular weight is 398 g/mol. The van der Waals surface area contributed by atoms with Crippen LogP contribution in [-0.4, -0.2) is 76.2 Å². The Labute approximate surface area is 168 Å². The molecule has 0 unspecified atom stereocenters. The summed E-state index contributed by atoms with van der Waals surface area (Å²) in [6, 6.07) is 7.62. The second-order valence-corrected chi connectivity index (χ2v) is 7.31. The first-order chi connectivity index (χ1) is 13.3. The maximum absolute atomic E-state index is 11.5. The minimum Gasteiger partial charge on any atom is -0.494 e. The van der Waals surface area contributed by atoms with Crippen molar-refractivity contribution < 1.29 is 28.5 Å². The predicted molar refractivity (Wildman–Crippen MR) is 108 cm³/mol. The fraction of sp³-hybridized carbons (Fsp3) is 0.667. The molecule has 28 heavy (non-hydrogen) atoms. The lowest BCUT2D eigenvalue weighted by Gasteiger charge is -2.19. The zero-order valence-electron chi connectivity index (χ0n) is 17.9. The van der Waals surface area contributed by atoms with E-state index in [9.17, 15) is 4.79 Å². The van der Waals surface area contributed by atoms with Crippen molar-refractivity contribution in [2.24, 2.45) is 0 Å². The Balaban J connectivity index is 1.99. The number of hydrogen-bond acceptors (Lipinski definition) is 7. The third-order valence-electron chi connectivity index (χ3n) is 3.51. The van der Waals surface area contributed by atoms with Gasteiger partial charge >= 0.3 is 5.97 Å². The second-order valence-electron chi connectivity index (χ2n) is 7.31. The first-order valence-electron chi connectivity index (χ1n) is 9.71. The smallest absolute Gasteiger partial charge is 0.332 e. The van der Waals surface area contributed by atoms with E-state index < -0.39 is 5.60 Å². The number of ether oxygens (including phenoxy) is 5. The monoisotopic (exact) mass is 397 g/mol. The molecule has 0 atom stereocenters. The SMILES string of the molecule is CCOc1ccc(OCCN(C)CCOCCOCC(=O)OC(C)(C)C)cc1. The number of nitrogens with zero attached hydrogens (tertiary/aromatic N) is 1. The van der Waals surface area contributed by atoms with Crippen molar-refractivity contribution in [3.8, 4) is 11.5 Å². The first-order valence-corrected chi connectivity index (χ1v) is 9.71. The number of hydrogen-bond donors (Lipinski definition) is 0. The van der Waals surface area contributed by atoms with Crippen LogP contribution in [0, 0.1) is 0 Å². The van der Waals surface area contributed by atoms with Gasteiger partial charge in [-0.3, -0.25) is 0 Å². The molecule has 160 valence electrons. The summed E-state index contributed by atoms with van der Waals surface area (Å²) in [5, 5.41) is 0. The van der Waals surface area contributed by atoms with Crippen LogP contribution in [0.4, 0.5) is 0 Å². The molecule has 0 aliphatic heterocycles. The Morgan fingerprint density at radius 2 is 1.46 bits per heavy atom. The molecular formula is C21H35NO6. The second kappa shape index (κ2) is 13.4. The highest BCUT2D eigenvalue weighted by atomic mass is 16.6. The van der Waals surface area contributed by atoms with Crippen LogP contribution >= 0.6 is 0 Å². The van der Waals surface area contributed by atoms with Crippen LogP contribution in [0.5, 0.6) is 11.5 Å². The Kier molecular flexibility index (Phi) is 11.6. The van der Waals surface area contributed by atoms with E-state index in [0.29, 0.717) is 33.0 Å². The van der Waals surface area contributed by atoms with Gasteiger partial charge in [0.1, 0.15) is 30.3 Å². The molecule has 0 bridgehead atoms. The fourth-order valence-electron chi connectivity index (χ4n) is 2.20. The third kappa shape index (κ3) is 12.5. The van der Waals surface area contributed by atoms with Crippen LogP contribution in [-0.2, 0) is 19.0 Å². The maximum atomic E-state index is 11.5. The van der Waals surface area contributed by atoms with Gasteiger partial charge in [0, 0.05) is 13.1 Å². The highest BCUT2D eigenvalue weighted by Crippen LogP contribution is 2.17. The molecule has 0 N–H and O–H groups in total. The minimum absolute atomic E-state index is 0.0522. The summed E-state index contributed by atoms with van der Waals surface area (Å²) >= 11 is 0. The quantitative estimate of drug-likeness (QED) is 0.353. The van der Waals surface area contributed by atoms with Crippen molar-refractivity contribution in [3.63, 3.8) is 0 Å². The molecule has 1 aromatic rings. The molecule has 1 aromatic carbocycles. The fourth-order valence-corrected chi connectivity index (χ4v) is 2.20. The van der Waals surface area contributed by atoms with Gasteiger partial charge in [0.05, 0.1) is 26.4 Å². The van der Waals surface area contributed by atoms with E-state index in [1.807, 2.05) is 59.0 Å². The lowest BCUT2D eigenvalue weighted by Crippen LogP contribution is -2.28. The molecule has 0 spiro atoms. The van der Waals surface area contributed by atoms with E-state index in [-0.39, 0.29) is 12.6 Å². The summed E-state index contributed by atoms with van der Waals surface area (Å²) in [6.45, 7) is 11.6. The van der Waals surface area contributed by atoms with Crippen molar-refractivity contribution in [1.29, 1.82) is 0 Å². The summed E-state index contributed by atoms with van der Waals surface area (Å²) in [7, 11) is 2.02. The molecule has 0 aliphatic rings. The van der Waals surface area contributed by atoms with Crippen molar-refractivity contribution in [3.05, 3.63) is 24.3 Å². The van der Waals surface area contributed by atoms with Gasteiger partial charge in [0.15, 0.2) is 0 Å². The molecular weight excluding hydrogens is 362 g/mol. The molecule has 0 heterocycles. The molecule has 1 rings (SSSR count). The third-order valence-corrected chi connectivity index (χ3v) is 3.51. The van der Waals surface area contributed by atoms with E-state index in [1.54, 1.807) is 0 Å². The van der Waals surface area contributed by atoms with Gasteiger partial charge < -0.3 is 28.6 Å². The number of rotatable bonds is 14.